The predicted molar refractivity (Wildman–Crippen MR) is 84.2 cm³/mol. The first-order valence-electron chi connectivity index (χ1n) is 7.70. The Kier molecular flexibility index (Phi) is 5.73. The van der Waals surface area contributed by atoms with Crippen molar-refractivity contribution in [3.8, 4) is 11.5 Å². The SMILES string of the molecule is C=[N+](Cc1cc(OC)ccc1OC1CCCCC1)C(=O)C(=O)O. The minimum atomic E-state index is -1.53. The number of nitrogens with zero attached hydrogens (tertiary/aromatic N) is 1. The Morgan fingerprint density at radius 2 is 2.00 bits per heavy atom. The van der Waals surface area contributed by atoms with Crippen molar-refractivity contribution >= 4 is 18.6 Å². The molecule has 1 aromatic rings. The van der Waals surface area contributed by atoms with Crippen LogP contribution in [0.15, 0.2) is 18.2 Å². The summed E-state index contributed by atoms with van der Waals surface area (Å²) in [6.07, 6.45) is 5.70. The van der Waals surface area contributed by atoms with Crippen LogP contribution in [-0.2, 0) is 16.1 Å². The van der Waals surface area contributed by atoms with Gasteiger partial charge in [0.15, 0.2) is 6.54 Å². The highest BCUT2D eigenvalue weighted by Gasteiger charge is 2.26. The molecule has 1 aliphatic rings. The van der Waals surface area contributed by atoms with E-state index in [1.54, 1.807) is 25.3 Å². The van der Waals surface area contributed by atoms with E-state index in [2.05, 4.69) is 6.72 Å². The normalized spacial score (nSPS) is 15.0. The lowest BCUT2D eigenvalue weighted by atomic mass is 9.97. The van der Waals surface area contributed by atoms with E-state index in [0.29, 0.717) is 17.1 Å². The first-order chi connectivity index (χ1) is 11.0. The molecule has 1 amide bonds. The van der Waals surface area contributed by atoms with Crippen LogP contribution >= 0.6 is 0 Å². The highest BCUT2D eigenvalue weighted by molar-refractivity contribution is 6.27. The third-order valence-electron chi connectivity index (χ3n) is 3.94. The molecule has 124 valence electrons. The zero-order valence-corrected chi connectivity index (χ0v) is 13.3. The Morgan fingerprint density at radius 1 is 1.30 bits per heavy atom. The van der Waals surface area contributed by atoms with Gasteiger partial charge in [-0.3, -0.25) is 0 Å². The van der Waals surface area contributed by atoms with Crippen LogP contribution in [0.3, 0.4) is 0 Å². The van der Waals surface area contributed by atoms with Gasteiger partial charge in [-0.15, -0.1) is 0 Å². The fraction of sp³-hybridized carbons (Fsp3) is 0.471. The van der Waals surface area contributed by atoms with Crippen molar-refractivity contribution in [2.75, 3.05) is 7.11 Å². The zero-order chi connectivity index (χ0) is 16.8. The molecule has 0 spiro atoms. The quantitative estimate of drug-likeness (QED) is 0.511. The monoisotopic (exact) mass is 320 g/mol. The average Bonchev–Trinajstić information content (AvgIpc) is 2.56. The Balaban J connectivity index is 2.18. The van der Waals surface area contributed by atoms with E-state index < -0.39 is 11.9 Å². The number of hydrogen-bond acceptors (Lipinski definition) is 4. The molecule has 1 fully saturated rings. The van der Waals surface area contributed by atoms with Crippen LogP contribution in [0.4, 0.5) is 0 Å². The van der Waals surface area contributed by atoms with Crippen molar-refractivity contribution in [2.45, 2.75) is 44.8 Å². The molecule has 1 N–H and O–H groups in total. The molecular weight excluding hydrogens is 298 g/mol. The molecule has 2 rings (SSSR count). The summed E-state index contributed by atoms with van der Waals surface area (Å²) in [4.78, 5) is 22.3. The molecule has 0 bridgehead atoms. The number of hydrogen-bond donors (Lipinski definition) is 1. The van der Waals surface area contributed by atoms with Crippen LogP contribution in [0.5, 0.6) is 11.5 Å². The Labute approximate surface area is 135 Å². The van der Waals surface area contributed by atoms with Gasteiger partial charge >= 0.3 is 11.9 Å². The maximum absolute atomic E-state index is 11.5. The standard InChI is InChI=1S/C17H21NO5/c1-18(16(19)17(20)21)11-12-10-14(22-2)8-9-15(12)23-13-6-4-3-5-7-13/h8-10,13H,1,3-7,11H2,2H3/p+1. The molecule has 0 aliphatic heterocycles. The fourth-order valence-electron chi connectivity index (χ4n) is 2.70. The summed E-state index contributed by atoms with van der Waals surface area (Å²) in [7, 11) is 1.55. The van der Waals surface area contributed by atoms with Crippen molar-refractivity contribution < 1.29 is 28.7 Å². The first-order valence-corrected chi connectivity index (χ1v) is 7.70. The smallest absolute Gasteiger partial charge is 0.496 e. The van der Waals surface area contributed by atoms with Crippen molar-refractivity contribution in [3.05, 3.63) is 23.8 Å². The molecule has 6 nitrogen and oxygen atoms in total. The number of ether oxygens (including phenoxy) is 2. The molecule has 0 atom stereocenters. The minimum absolute atomic E-state index is 0.0460. The molecule has 6 heteroatoms. The van der Waals surface area contributed by atoms with E-state index in [1.807, 2.05) is 0 Å². The summed E-state index contributed by atoms with van der Waals surface area (Å²) in [5.74, 6) is -1.33. The molecule has 23 heavy (non-hydrogen) atoms. The van der Waals surface area contributed by atoms with E-state index >= 15 is 0 Å². The van der Waals surface area contributed by atoms with Gasteiger partial charge in [0, 0.05) is 0 Å². The largest absolute Gasteiger partial charge is 0.497 e. The first kappa shape index (κ1) is 17.0. The van der Waals surface area contributed by atoms with E-state index in [0.717, 1.165) is 30.3 Å². The number of aliphatic carboxylic acids is 1. The van der Waals surface area contributed by atoms with Crippen LogP contribution in [0.25, 0.3) is 0 Å². The molecule has 1 aliphatic carbocycles. The zero-order valence-electron chi connectivity index (χ0n) is 13.3. The second-order valence-electron chi connectivity index (χ2n) is 5.66. The van der Waals surface area contributed by atoms with Gasteiger partial charge in [0.2, 0.25) is 0 Å². The van der Waals surface area contributed by atoms with Gasteiger partial charge in [-0.1, -0.05) is 6.42 Å². The van der Waals surface area contributed by atoms with Crippen LogP contribution in [0.2, 0.25) is 0 Å². The molecule has 1 aromatic carbocycles. The van der Waals surface area contributed by atoms with E-state index in [9.17, 15) is 9.59 Å². The number of carboxylic acid groups (broad SMARTS) is 1. The van der Waals surface area contributed by atoms with Gasteiger partial charge in [-0.25, -0.2) is 9.59 Å². The maximum Gasteiger partial charge on any atom is 0.496 e. The molecule has 0 heterocycles. The van der Waals surface area contributed by atoms with E-state index in [4.69, 9.17) is 14.6 Å². The van der Waals surface area contributed by atoms with Crippen molar-refractivity contribution in [1.29, 1.82) is 0 Å². The van der Waals surface area contributed by atoms with Gasteiger partial charge in [-0.2, -0.15) is 4.58 Å². The molecule has 0 saturated heterocycles. The van der Waals surface area contributed by atoms with Gasteiger partial charge in [-0.05, 0) is 43.9 Å². The van der Waals surface area contributed by atoms with Gasteiger partial charge in [0.1, 0.15) is 18.2 Å². The highest BCUT2D eigenvalue weighted by atomic mass is 16.5. The Hall–Kier alpha value is -2.37. The van der Waals surface area contributed by atoms with Gasteiger partial charge in [0.05, 0.1) is 18.8 Å². The van der Waals surface area contributed by atoms with E-state index in [-0.39, 0.29) is 12.6 Å². The van der Waals surface area contributed by atoms with Crippen LogP contribution in [-0.4, -0.2) is 41.5 Å². The molecule has 0 unspecified atom stereocenters. The van der Waals surface area contributed by atoms with Crippen LogP contribution < -0.4 is 9.47 Å². The number of carbonyl (C=O) groups is 2. The number of rotatable bonds is 5. The molecule has 0 aromatic heterocycles. The summed E-state index contributed by atoms with van der Waals surface area (Å²) < 4.78 is 12.2. The minimum Gasteiger partial charge on any atom is -0.497 e. The summed E-state index contributed by atoms with van der Waals surface area (Å²) in [5, 5.41) is 8.77. The summed E-state index contributed by atoms with van der Waals surface area (Å²) in [6.45, 7) is 3.55. The third-order valence-corrected chi connectivity index (χ3v) is 3.94. The van der Waals surface area contributed by atoms with Crippen LogP contribution in [0, 0.1) is 0 Å². The lowest BCUT2D eigenvalue weighted by molar-refractivity contribution is -0.452. The second-order valence-corrected chi connectivity index (χ2v) is 5.66. The van der Waals surface area contributed by atoms with Gasteiger partial charge in [0.25, 0.3) is 0 Å². The summed E-state index contributed by atoms with van der Waals surface area (Å²) in [6, 6.07) is 5.32. The Morgan fingerprint density at radius 3 is 2.61 bits per heavy atom. The maximum atomic E-state index is 11.5. The fourth-order valence-corrected chi connectivity index (χ4v) is 2.70. The Bertz CT molecular complexity index is 605. The summed E-state index contributed by atoms with van der Waals surface area (Å²) >= 11 is 0. The average molecular weight is 320 g/mol. The summed E-state index contributed by atoms with van der Waals surface area (Å²) in [5.41, 5.74) is 0.680. The number of methoxy groups -OCH3 is 1. The predicted octanol–water partition coefficient (Wildman–Crippen LogP) is 2.23. The van der Waals surface area contributed by atoms with Crippen molar-refractivity contribution in [2.24, 2.45) is 0 Å². The third kappa shape index (κ3) is 4.55. The highest BCUT2D eigenvalue weighted by Crippen LogP contribution is 2.29. The van der Waals surface area contributed by atoms with E-state index in [1.165, 1.54) is 6.42 Å². The number of benzene rings is 1. The molecule has 0 radical (unpaired) electrons. The topological polar surface area (TPSA) is 75.8 Å². The number of carbonyl (C=O) groups excluding carboxylic acids is 1. The lowest BCUT2D eigenvalue weighted by Crippen LogP contribution is -2.27. The second kappa shape index (κ2) is 7.76. The van der Waals surface area contributed by atoms with Crippen molar-refractivity contribution in [3.63, 3.8) is 0 Å². The molecular formula is C17H22NO5+. The van der Waals surface area contributed by atoms with Crippen LogP contribution in [0.1, 0.15) is 37.7 Å². The number of carboxylic acids is 1. The van der Waals surface area contributed by atoms with Gasteiger partial charge < -0.3 is 14.6 Å². The number of amides is 1. The lowest BCUT2D eigenvalue weighted by Gasteiger charge is -2.24. The molecule has 1 saturated carbocycles. The van der Waals surface area contributed by atoms with Crippen molar-refractivity contribution in [1.82, 2.24) is 0 Å².